The van der Waals surface area contributed by atoms with Crippen LogP contribution in [0.5, 0.6) is 0 Å². The van der Waals surface area contributed by atoms with Gasteiger partial charge in [-0.1, -0.05) is 18.6 Å². The molecular weight excluding hydrogens is 317 g/mol. The average molecular weight is 343 g/mol. The molecule has 0 radical (unpaired) electrons. The second-order valence-corrected chi connectivity index (χ2v) is 6.85. The molecule has 1 aromatic heterocycles. The summed E-state index contributed by atoms with van der Waals surface area (Å²) in [6, 6.07) is 6.35. The third-order valence-electron chi connectivity index (χ3n) is 5.23. The predicted molar refractivity (Wildman–Crippen MR) is 98.1 cm³/mol. The fourth-order valence-corrected chi connectivity index (χ4v) is 3.94. The number of rotatable bonds is 5. The first-order chi connectivity index (χ1) is 12.0. The fraction of sp³-hybridized carbons (Fsp3) is 0.450. The molecule has 4 nitrogen and oxygen atoms in total. The smallest absolute Gasteiger partial charge is 0.251 e. The molecule has 5 heteroatoms. The summed E-state index contributed by atoms with van der Waals surface area (Å²) < 4.78 is 15.8. The van der Waals surface area contributed by atoms with Crippen LogP contribution < -0.4 is 5.73 Å². The van der Waals surface area contributed by atoms with Crippen LogP contribution >= 0.6 is 0 Å². The summed E-state index contributed by atoms with van der Waals surface area (Å²) in [4.78, 5) is 14.5. The van der Waals surface area contributed by atoms with Crippen LogP contribution in [0.2, 0.25) is 0 Å². The largest absolute Gasteiger partial charge is 0.366 e. The van der Waals surface area contributed by atoms with Crippen molar-refractivity contribution in [1.82, 2.24) is 9.47 Å². The lowest BCUT2D eigenvalue weighted by atomic mass is 10.00. The molecule has 0 spiro atoms. The van der Waals surface area contributed by atoms with Crippen LogP contribution in [-0.2, 0) is 6.54 Å². The van der Waals surface area contributed by atoms with E-state index < -0.39 is 5.91 Å². The molecule has 0 atom stereocenters. The molecule has 1 fully saturated rings. The van der Waals surface area contributed by atoms with Crippen LogP contribution in [0.4, 0.5) is 4.39 Å². The maximum absolute atomic E-state index is 13.7. The molecule has 25 heavy (non-hydrogen) atoms. The number of nitrogens with zero attached hydrogens (tertiary/aromatic N) is 2. The molecule has 3 rings (SSSR count). The van der Waals surface area contributed by atoms with Crippen molar-refractivity contribution in [2.45, 2.75) is 39.7 Å². The Morgan fingerprint density at radius 2 is 1.84 bits per heavy atom. The molecule has 1 aliphatic heterocycles. The van der Waals surface area contributed by atoms with Gasteiger partial charge in [0.25, 0.3) is 5.91 Å². The number of hydrogen-bond donors (Lipinski definition) is 1. The Morgan fingerprint density at radius 1 is 1.12 bits per heavy atom. The zero-order chi connectivity index (χ0) is 18.0. The van der Waals surface area contributed by atoms with Crippen molar-refractivity contribution in [3.05, 3.63) is 47.0 Å². The predicted octanol–water partition coefficient (Wildman–Crippen LogP) is 3.50. The minimum Gasteiger partial charge on any atom is -0.366 e. The van der Waals surface area contributed by atoms with E-state index in [2.05, 4.69) is 9.47 Å². The Hall–Kier alpha value is -2.14. The number of carbonyl (C=O) groups excluding carboxylic acids is 1. The number of piperidine rings is 1. The number of benzene rings is 1. The summed E-state index contributed by atoms with van der Waals surface area (Å²) >= 11 is 0. The summed E-state index contributed by atoms with van der Waals surface area (Å²) in [6.45, 7) is 7.95. The van der Waals surface area contributed by atoms with E-state index in [0.717, 1.165) is 43.1 Å². The summed E-state index contributed by atoms with van der Waals surface area (Å²) in [7, 11) is 0. The topological polar surface area (TPSA) is 51.3 Å². The molecule has 1 amide bonds. The van der Waals surface area contributed by atoms with Gasteiger partial charge in [0.05, 0.1) is 5.56 Å². The molecule has 134 valence electrons. The third kappa shape index (κ3) is 3.61. The average Bonchev–Trinajstić information content (AvgIpc) is 2.84. The first kappa shape index (κ1) is 17.7. The van der Waals surface area contributed by atoms with Crippen LogP contribution in [0.25, 0.3) is 11.1 Å². The number of aromatic nitrogens is 1. The molecule has 0 bridgehead atoms. The quantitative estimate of drug-likeness (QED) is 0.903. The van der Waals surface area contributed by atoms with E-state index in [1.807, 2.05) is 19.9 Å². The van der Waals surface area contributed by atoms with Crippen LogP contribution in [0.15, 0.2) is 24.3 Å². The molecule has 0 unspecified atom stereocenters. The van der Waals surface area contributed by atoms with Crippen LogP contribution in [0.1, 0.15) is 41.0 Å². The highest BCUT2D eigenvalue weighted by Gasteiger charge is 2.23. The van der Waals surface area contributed by atoms with Gasteiger partial charge < -0.3 is 15.2 Å². The number of hydrogen-bond acceptors (Lipinski definition) is 2. The second-order valence-electron chi connectivity index (χ2n) is 6.85. The van der Waals surface area contributed by atoms with Crippen LogP contribution in [0, 0.1) is 19.7 Å². The standard InChI is InChI=1S/C20H26FN3O/c1-14-18(16-7-6-8-17(21)13-16)19(20(22)25)15(2)24(14)12-11-23-9-4-3-5-10-23/h6-8,13H,3-5,9-12H2,1-2H3,(H2,22,25). The van der Waals surface area contributed by atoms with E-state index >= 15 is 0 Å². The third-order valence-corrected chi connectivity index (χ3v) is 5.23. The lowest BCUT2D eigenvalue weighted by Gasteiger charge is -2.27. The van der Waals surface area contributed by atoms with Crippen molar-refractivity contribution in [2.24, 2.45) is 5.73 Å². The van der Waals surface area contributed by atoms with Crippen LogP contribution in [-0.4, -0.2) is 35.0 Å². The van der Waals surface area contributed by atoms with E-state index in [0.29, 0.717) is 11.1 Å². The van der Waals surface area contributed by atoms with Crippen LogP contribution in [0.3, 0.4) is 0 Å². The van der Waals surface area contributed by atoms with Crippen molar-refractivity contribution in [2.75, 3.05) is 19.6 Å². The summed E-state index contributed by atoms with van der Waals surface area (Å²) in [5.41, 5.74) is 9.44. The summed E-state index contributed by atoms with van der Waals surface area (Å²) in [5.74, 6) is -0.775. The van der Waals surface area contributed by atoms with Gasteiger partial charge in [0.15, 0.2) is 0 Å². The van der Waals surface area contributed by atoms with Gasteiger partial charge in [-0.05, 0) is 57.5 Å². The Kier molecular flexibility index (Phi) is 5.23. The maximum atomic E-state index is 13.7. The number of primary amides is 1. The lowest BCUT2D eigenvalue weighted by molar-refractivity contribution is 0.1000. The van der Waals surface area contributed by atoms with Gasteiger partial charge in [0, 0.05) is 30.0 Å². The van der Waals surface area contributed by atoms with E-state index in [4.69, 9.17) is 5.73 Å². The first-order valence-electron chi connectivity index (χ1n) is 8.97. The highest BCUT2D eigenvalue weighted by Crippen LogP contribution is 2.32. The minimum absolute atomic E-state index is 0.314. The van der Waals surface area contributed by atoms with Gasteiger partial charge >= 0.3 is 0 Å². The summed E-state index contributed by atoms with van der Waals surface area (Å²) in [5, 5.41) is 0. The highest BCUT2D eigenvalue weighted by atomic mass is 19.1. The van der Waals surface area contributed by atoms with Gasteiger partial charge in [-0.2, -0.15) is 0 Å². The zero-order valence-corrected chi connectivity index (χ0v) is 15.0. The van der Waals surface area contributed by atoms with Gasteiger partial charge in [-0.15, -0.1) is 0 Å². The first-order valence-corrected chi connectivity index (χ1v) is 8.97. The van der Waals surface area contributed by atoms with E-state index in [9.17, 15) is 9.18 Å². The maximum Gasteiger partial charge on any atom is 0.251 e. The molecule has 2 aromatic rings. The fourth-order valence-electron chi connectivity index (χ4n) is 3.94. The number of nitrogens with two attached hydrogens (primary N) is 1. The van der Waals surface area contributed by atoms with E-state index in [-0.39, 0.29) is 5.82 Å². The van der Waals surface area contributed by atoms with Crippen molar-refractivity contribution >= 4 is 5.91 Å². The van der Waals surface area contributed by atoms with Gasteiger partial charge in [-0.3, -0.25) is 4.79 Å². The monoisotopic (exact) mass is 343 g/mol. The normalized spacial score (nSPS) is 15.5. The molecule has 0 aliphatic carbocycles. The Bertz CT molecular complexity index is 775. The van der Waals surface area contributed by atoms with E-state index in [1.165, 1.54) is 31.4 Å². The highest BCUT2D eigenvalue weighted by molar-refractivity contribution is 6.02. The van der Waals surface area contributed by atoms with E-state index in [1.54, 1.807) is 6.07 Å². The minimum atomic E-state index is -0.461. The lowest BCUT2D eigenvalue weighted by Crippen LogP contribution is -2.32. The SMILES string of the molecule is Cc1c(C(N)=O)c(-c2cccc(F)c2)c(C)n1CCN1CCCCC1. The number of carbonyl (C=O) groups is 1. The Balaban J connectivity index is 1.96. The number of halogens is 1. The zero-order valence-electron chi connectivity index (χ0n) is 15.0. The van der Waals surface area contributed by atoms with Gasteiger partial charge in [0.2, 0.25) is 0 Å². The molecule has 0 saturated carbocycles. The molecular formula is C20H26FN3O. The van der Waals surface area contributed by atoms with Gasteiger partial charge in [-0.25, -0.2) is 4.39 Å². The molecule has 1 saturated heterocycles. The van der Waals surface area contributed by atoms with Crippen molar-refractivity contribution in [3.8, 4) is 11.1 Å². The van der Waals surface area contributed by atoms with Crippen molar-refractivity contribution in [1.29, 1.82) is 0 Å². The Morgan fingerprint density at radius 3 is 2.48 bits per heavy atom. The summed E-state index contributed by atoms with van der Waals surface area (Å²) in [6.07, 6.45) is 3.82. The number of likely N-dealkylation sites (tertiary alicyclic amines) is 1. The molecule has 2 N–H and O–H groups in total. The molecule has 2 heterocycles. The second kappa shape index (κ2) is 7.40. The van der Waals surface area contributed by atoms with Gasteiger partial charge in [0.1, 0.15) is 5.82 Å². The Labute approximate surface area is 148 Å². The molecule has 1 aromatic carbocycles. The van der Waals surface area contributed by atoms with Crippen molar-refractivity contribution < 1.29 is 9.18 Å². The van der Waals surface area contributed by atoms with Crippen molar-refractivity contribution in [3.63, 3.8) is 0 Å². The molecule has 1 aliphatic rings. The number of amides is 1.